The topological polar surface area (TPSA) is 99.2 Å². The van der Waals surface area contributed by atoms with Gasteiger partial charge in [-0.3, -0.25) is 9.59 Å². The van der Waals surface area contributed by atoms with Crippen LogP contribution in [0.3, 0.4) is 0 Å². The highest BCUT2D eigenvalue weighted by Gasteiger charge is 2.64. The van der Waals surface area contributed by atoms with Gasteiger partial charge in [0.05, 0.1) is 0 Å². The Kier molecular flexibility index (Phi) is 7.49. The van der Waals surface area contributed by atoms with E-state index in [4.69, 9.17) is 27.9 Å². The number of rotatable bonds is 10. The summed E-state index contributed by atoms with van der Waals surface area (Å²) in [6.45, 7) is 4.66. The van der Waals surface area contributed by atoms with Gasteiger partial charge in [0.25, 0.3) is 5.91 Å². The number of thioether (sulfide) groups is 1. The first-order valence-electron chi connectivity index (χ1n) is 9.81. The Bertz CT molecular complexity index is 833. The van der Waals surface area contributed by atoms with Gasteiger partial charge in [0, 0.05) is 35.3 Å². The molecule has 2 heterocycles. The molecule has 0 radical (unpaired) electrons. The minimum atomic E-state index is -1.04. The lowest BCUT2D eigenvalue weighted by molar-refractivity contribution is -0.161. The summed E-state index contributed by atoms with van der Waals surface area (Å²) in [7, 11) is 0. The minimum absolute atomic E-state index is 0.251. The summed E-state index contributed by atoms with van der Waals surface area (Å²) in [4.78, 5) is 39.7. The van der Waals surface area contributed by atoms with Crippen LogP contribution in [0.5, 0.6) is 5.75 Å². The number of carbonyl (C=O) groups excluding carboxylic acids is 2. The van der Waals surface area contributed by atoms with Crippen LogP contribution in [0, 0.1) is 0 Å². The lowest BCUT2D eigenvalue weighted by Gasteiger charge is -2.43. The number of alkyl halides is 2. The second-order valence-corrected chi connectivity index (χ2v) is 10.3. The van der Waals surface area contributed by atoms with Gasteiger partial charge in [-0.1, -0.05) is 0 Å². The van der Waals surface area contributed by atoms with Crippen LogP contribution >= 0.6 is 35.0 Å². The fraction of sp³-hybridized carbons (Fsp3) is 0.550. The fourth-order valence-electron chi connectivity index (χ4n) is 3.84. The quantitative estimate of drug-likeness (QED) is 0.382. The van der Waals surface area contributed by atoms with Crippen LogP contribution < -0.4 is 15.0 Å². The van der Waals surface area contributed by atoms with E-state index >= 15 is 0 Å². The Balaban J connectivity index is 1.52. The average Bonchev–Trinajstić information content (AvgIpc) is 2.99. The molecule has 1 aromatic carbocycles. The van der Waals surface area contributed by atoms with Gasteiger partial charge >= 0.3 is 5.97 Å². The summed E-state index contributed by atoms with van der Waals surface area (Å²) < 4.78 is 4.90. The fourth-order valence-corrected chi connectivity index (χ4v) is 5.87. The van der Waals surface area contributed by atoms with Gasteiger partial charge in [-0.25, -0.2) is 4.79 Å². The number of halogens is 2. The smallest absolute Gasteiger partial charge is 0.327 e. The van der Waals surface area contributed by atoms with Crippen molar-refractivity contribution in [3.8, 4) is 5.75 Å². The van der Waals surface area contributed by atoms with E-state index in [2.05, 4.69) is 10.2 Å². The number of benzene rings is 1. The largest absolute Gasteiger partial charge is 0.484 e. The molecule has 0 unspecified atom stereocenters. The van der Waals surface area contributed by atoms with Crippen molar-refractivity contribution in [2.24, 2.45) is 0 Å². The predicted molar refractivity (Wildman–Crippen MR) is 121 cm³/mol. The molecule has 3 atom stereocenters. The van der Waals surface area contributed by atoms with E-state index in [9.17, 15) is 19.5 Å². The first-order valence-corrected chi connectivity index (χ1v) is 11.8. The maximum atomic E-state index is 12.4. The van der Waals surface area contributed by atoms with Crippen LogP contribution in [0.25, 0.3) is 0 Å². The number of aliphatic carboxylic acids is 1. The van der Waals surface area contributed by atoms with E-state index in [0.717, 1.165) is 5.69 Å². The second-order valence-electron chi connectivity index (χ2n) is 7.79. The van der Waals surface area contributed by atoms with Gasteiger partial charge < -0.3 is 25.0 Å². The van der Waals surface area contributed by atoms with Crippen molar-refractivity contribution >= 4 is 58.4 Å². The summed E-state index contributed by atoms with van der Waals surface area (Å²) >= 11 is 13.0. The van der Waals surface area contributed by atoms with Crippen LogP contribution in [0.1, 0.15) is 13.8 Å². The van der Waals surface area contributed by atoms with Gasteiger partial charge in [0.15, 0.2) is 6.61 Å². The Morgan fingerprint density at radius 1 is 1.23 bits per heavy atom. The Morgan fingerprint density at radius 3 is 2.39 bits per heavy atom. The number of nitrogens with one attached hydrogen (secondary N) is 1. The van der Waals surface area contributed by atoms with Crippen LogP contribution in [-0.4, -0.2) is 81.5 Å². The molecule has 2 N–H and O–H groups in total. The molecule has 2 saturated heterocycles. The van der Waals surface area contributed by atoms with Crippen molar-refractivity contribution in [3.05, 3.63) is 24.3 Å². The summed E-state index contributed by atoms with van der Waals surface area (Å²) in [5.41, 5.74) is 0.951. The predicted octanol–water partition coefficient (Wildman–Crippen LogP) is 1.98. The maximum Gasteiger partial charge on any atom is 0.327 e. The average molecular weight is 490 g/mol. The lowest BCUT2D eigenvalue weighted by Crippen LogP contribution is -2.70. The lowest BCUT2D eigenvalue weighted by atomic mass is 9.96. The van der Waals surface area contributed by atoms with E-state index < -0.39 is 28.7 Å². The molecule has 11 heteroatoms. The van der Waals surface area contributed by atoms with E-state index in [1.54, 1.807) is 26.0 Å². The molecule has 0 aromatic heterocycles. The standard InChI is InChI=1S/C20H25Cl2N3O5S/c1-20(2)16(19(28)29)25-17(27)15(18(25)31-20)23-14(26)11-30-13-5-3-12(4-6-13)24(9-7-21)10-8-22/h3-6,15-16,18H,7-11H2,1-2H3,(H,23,26)(H,28,29)/t15-,16+,18-/m1/s1. The van der Waals surface area contributed by atoms with Crippen LogP contribution in [0.2, 0.25) is 0 Å². The Labute approximate surface area is 195 Å². The first-order chi connectivity index (χ1) is 14.7. The van der Waals surface area contributed by atoms with Crippen molar-refractivity contribution in [3.63, 3.8) is 0 Å². The molecule has 0 aliphatic carbocycles. The molecule has 2 amide bonds. The molecule has 31 heavy (non-hydrogen) atoms. The number of fused-ring (bicyclic) bond motifs is 1. The zero-order valence-corrected chi connectivity index (χ0v) is 19.5. The normalized spacial score (nSPS) is 23.7. The van der Waals surface area contributed by atoms with Crippen molar-refractivity contribution in [2.75, 3.05) is 36.4 Å². The highest BCUT2D eigenvalue weighted by Crippen LogP contribution is 2.50. The third-order valence-corrected chi connectivity index (χ3v) is 7.18. The molecule has 0 saturated carbocycles. The monoisotopic (exact) mass is 489 g/mol. The van der Waals surface area contributed by atoms with E-state index in [1.165, 1.54) is 16.7 Å². The zero-order valence-electron chi connectivity index (χ0n) is 17.2. The molecule has 0 spiro atoms. The van der Waals surface area contributed by atoms with Crippen molar-refractivity contribution in [1.29, 1.82) is 0 Å². The number of hydrogen-bond donors (Lipinski definition) is 2. The molecule has 3 rings (SSSR count). The zero-order chi connectivity index (χ0) is 22.8. The number of carboxylic acids is 1. The number of hydrogen-bond acceptors (Lipinski definition) is 6. The molecule has 2 fully saturated rings. The number of β-lactam (4-membered cyclic amide) rings is 1. The Hall–Kier alpha value is -1.84. The van der Waals surface area contributed by atoms with Crippen molar-refractivity contribution in [2.45, 2.75) is 36.1 Å². The molecule has 0 bridgehead atoms. The number of nitrogens with zero attached hydrogens (tertiary/aromatic N) is 2. The van der Waals surface area contributed by atoms with E-state index in [0.29, 0.717) is 30.6 Å². The third kappa shape index (κ3) is 4.99. The number of carboxylic acid groups (broad SMARTS) is 1. The second kappa shape index (κ2) is 9.75. The van der Waals surface area contributed by atoms with Gasteiger partial charge in [0.1, 0.15) is 23.2 Å². The summed E-state index contributed by atoms with van der Waals surface area (Å²) in [5.74, 6) is -0.385. The van der Waals surface area contributed by atoms with E-state index in [1.807, 2.05) is 12.1 Å². The molecule has 1 aromatic rings. The first kappa shape index (κ1) is 23.8. The van der Waals surface area contributed by atoms with Crippen molar-refractivity contribution in [1.82, 2.24) is 10.2 Å². The molecule has 8 nitrogen and oxygen atoms in total. The summed E-state index contributed by atoms with van der Waals surface area (Å²) in [5, 5.41) is 11.7. The van der Waals surface area contributed by atoms with Crippen molar-refractivity contribution < 1.29 is 24.2 Å². The third-order valence-electron chi connectivity index (χ3n) is 5.27. The highest BCUT2D eigenvalue weighted by atomic mass is 35.5. The molecule has 2 aliphatic heterocycles. The SMILES string of the molecule is CC1(C)S[C@@H]2[C@H](NC(=O)COc3ccc(N(CCCl)CCCl)cc3)C(=O)N2[C@H]1C(=O)O. The minimum Gasteiger partial charge on any atom is -0.484 e. The van der Waals surface area contributed by atoms with Gasteiger partial charge in [-0.2, -0.15) is 0 Å². The summed E-state index contributed by atoms with van der Waals surface area (Å²) in [6, 6.07) is 5.58. The number of amides is 2. The number of carbonyl (C=O) groups is 3. The van der Waals surface area contributed by atoms with Gasteiger partial charge in [-0.15, -0.1) is 35.0 Å². The van der Waals surface area contributed by atoms with E-state index in [-0.39, 0.29) is 17.9 Å². The number of anilines is 1. The molecular weight excluding hydrogens is 465 g/mol. The van der Waals surface area contributed by atoms with Gasteiger partial charge in [0.2, 0.25) is 5.91 Å². The maximum absolute atomic E-state index is 12.4. The highest BCUT2D eigenvalue weighted by molar-refractivity contribution is 8.01. The number of ether oxygens (including phenoxy) is 1. The Morgan fingerprint density at radius 2 is 1.84 bits per heavy atom. The summed E-state index contributed by atoms with van der Waals surface area (Å²) in [6.07, 6.45) is 0. The van der Waals surface area contributed by atoms with Crippen LogP contribution in [-0.2, 0) is 14.4 Å². The van der Waals surface area contributed by atoms with Gasteiger partial charge in [-0.05, 0) is 38.1 Å². The molecular formula is C20H25Cl2N3O5S. The molecule has 170 valence electrons. The molecule has 2 aliphatic rings. The van der Waals surface area contributed by atoms with Crippen LogP contribution in [0.4, 0.5) is 5.69 Å². The van der Waals surface area contributed by atoms with Crippen LogP contribution in [0.15, 0.2) is 24.3 Å².